The summed E-state index contributed by atoms with van der Waals surface area (Å²) in [5.74, 6) is 0. The SMILES string of the molecule is CCOC(C)CNC(CC)c1cccs1. The first-order valence-electron chi connectivity index (χ1n) is 5.66. The Kier molecular flexibility index (Phi) is 5.91. The van der Waals surface area contributed by atoms with Crippen molar-refractivity contribution in [2.75, 3.05) is 13.2 Å². The highest BCUT2D eigenvalue weighted by atomic mass is 32.1. The smallest absolute Gasteiger partial charge is 0.0671 e. The molecule has 0 bridgehead atoms. The van der Waals surface area contributed by atoms with E-state index in [4.69, 9.17) is 4.74 Å². The Bertz CT molecular complexity index is 248. The van der Waals surface area contributed by atoms with E-state index >= 15 is 0 Å². The largest absolute Gasteiger partial charge is 0.377 e. The lowest BCUT2D eigenvalue weighted by Gasteiger charge is -2.19. The van der Waals surface area contributed by atoms with E-state index in [-0.39, 0.29) is 0 Å². The first-order chi connectivity index (χ1) is 7.27. The second kappa shape index (κ2) is 6.99. The van der Waals surface area contributed by atoms with Gasteiger partial charge in [0.15, 0.2) is 0 Å². The van der Waals surface area contributed by atoms with Crippen LogP contribution in [0.5, 0.6) is 0 Å². The number of rotatable bonds is 7. The van der Waals surface area contributed by atoms with E-state index in [1.807, 2.05) is 18.3 Å². The minimum atomic E-state index is 0.295. The second-order valence-corrected chi connectivity index (χ2v) is 4.63. The maximum Gasteiger partial charge on any atom is 0.0671 e. The molecule has 2 unspecified atom stereocenters. The molecule has 1 N–H and O–H groups in total. The standard InChI is InChI=1S/C12H21NOS/c1-4-11(12-7-6-8-15-12)13-9-10(3)14-5-2/h6-8,10-11,13H,4-5,9H2,1-3H3. The molecule has 1 aromatic rings. The predicted octanol–water partition coefficient (Wildman–Crippen LogP) is 3.21. The predicted molar refractivity (Wildman–Crippen MR) is 66.4 cm³/mol. The third kappa shape index (κ3) is 4.33. The summed E-state index contributed by atoms with van der Waals surface area (Å²) in [6, 6.07) is 4.78. The van der Waals surface area contributed by atoms with Gasteiger partial charge in [0.2, 0.25) is 0 Å². The van der Waals surface area contributed by atoms with Crippen LogP contribution >= 0.6 is 11.3 Å². The van der Waals surface area contributed by atoms with Gasteiger partial charge in [0.1, 0.15) is 0 Å². The number of hydrogen-bond donors (Lipinski definition) is 1. The fourth-order valence-corrected chi connectivity index (χ4v) is 2.47. The van der Waals surface area contributed by atoms with E-state index in [9.17, 15) is 0 Å². The third-order valence-corrected chi connectivity index (χ3v) is 3.38. The van der Waals surface area contributed by atoms with Crippen LogP contribution in [0, 0.1) is 0 Å². The molecule has 0 saturated carbocycles. The van der Waals surface area contributed by atoms with Crippen molar-refractivity contribution in [1.29, 1.82) is 0 Å². The summed E-state index contributed by atoms with van der Waals surface area (Å²) < 4.78 is 5.49. The van der Waals surface area contributed by atoms with E-state index in [1.165, 1.54) is 4.88 Å². The van der Waals surface area contributed by atoms with Gasteiger partial charge in [-0.05, 0) is 31.7 Å². The van der Waals surface area contributed by atoms with Crippen LogP contribution in [0.15, 0.2) is 17.5 Å². The van der Waals surface area contributed by atoms with Crippen LogP contribution in [0.25, 0.3) is 0 Å². The number of nitrogens with one attached hydrogen (secondary N) is 1. The van der Waals surface area contributed by atoms with Crippen molar-refractivity contribution in [2.24, 2.45) is 0 Å². The Morgan fingerprint density at radius 1 is 1.47 bits per heavy atom. The second-order valence-electron chi connectivity index (χ2n) is 3.65. The maximum absolute atomic E-state index is 5.49. The summed E-state index contributed by atoms with van der Waals surface area (Å²) in [6.45, 7) is 8.07. The van der Waals surface area contributed by atoms with Gasteiger partial charge >= 0.3 is 0 Å². The minimum Gasteiger partial charge on any atom is -0.377 e. The molecule has 86 valence electrons. The zero-order chi connectivity index (χ0) is 11.1. The van der Waals surface area contributed by atoms with Crippen molar-refractivity contribution >= 4 is 11.3 Å². The first-order valence-corrected chi connectivity index (χ1v) is 6.54. The normalized spacial score (nSPS) is 15.1. The molecule has 0 aliphatic carbocycles. The molecule has 0 aliphatic heterocycles. The molecule has 0 saturated heterocycles. The Hall–Kier alpha value is -0.380. The molecule has 1 heterocycles. The summed E-state index contributed by atoms with van der Waals surface area (Å²) >= 11 is 1.82. The monoisotopic (exact) mass is 227 g/mol. The van der Waals surface area contributed by atoms with Crippen LogP contribution < -0.4 is 5.32 Å². The molecule has 1 aromatic heterocycles. The van der Waals surface area contributed by atoms with Crippen LogP contribution in [0.1, 0.15) is 38.1 Å². The average Bonchev–Trinajstić information content (AvgIpc) is 2.72. The first kappa shape index (κ1) is 12.7. The molecule has 15 heavy (non-hydrogen) atoms. The van der Waals surface area contributed by atoms with Gasteiger partial charge in [-0.2, -0.15) is 0 Å². The van der Waals surface area contributed by atoms with Gasteiger partial charge in [0, 0.05) is 24.1 Å². The maximum atomic E-state index is 5.49. The van der Waals surface area contributed by atoms with Gasteiger partial charge < -0.3 is 10.1 Å². The van der Waals surface area contributed by atoms with Crippen LogP contribution in [-0.4, -0.2) is 19.3 Å². The highest BCUT2D eigenvalue weighted by molar-refractivity contribution is 7.10. The van der Waals surface area contributed by atoms with Crippen LogP contribution in [0.4, 0.5) is 0 Å². The summed E-state index contributed by atoms with van der Waals surface area (Å²) in [5.41, 5.74) is 0. The molecular weight excluding hydrogens is 206 g/mol. The molecule has 0 fully saturated rings. The molecule has 0 radical (unpaired) electrons. The number of thiophene rings is 1. The molecular formula is C12H21NOS. The fourth-order valence-electron chi connectivity index (χ4n) is 1.59. The van der Waals surface area contributed by atoms with Crippen molar-refractivity contribution in [3.8, 4) is 0 Å². The zero-order valence-electron chi connectivity index (χ0n) is 9.82. The Morgan fingerprint density at radius 3 is 2.80 bits per heavy atom. The quantitative estimate of drug-likeness (QED) is 0.772. The number of hydrogen-bond acceptors (Lipinski definition) is 3. The van der Waals surface area contributed by atoms with E-state index in [0.29, 0.717) is 12.1 Å². The van der Waals surface area contributed by atoms with Crippen molar-refractivity contribution in [3.05, 3.63) is 22.4 Å². The number of ether oxygens (including phenoxy) is 1. The van der Waals surface area contributed by atoms with Crippen molar-refractivity contribution in [1.82, 2.24) is 5.32 Å². The van der Waals surface area contributed by atoms with E-state index in [0.717, 1.165) is 19.6 Å². The Morgan fingerprint density at radius 2 is 2.27 bits per heavy atom. The Balaban J connectivity index is 2.35. The van der Waals surface area contributed by atoms with E-state index < -0.39 is 0 Å². The average molecular weight is 227 g/mol. The summed E-state index contributed by atoms with van der Waals surface area (Å²) in [6.07, 6.45) is 1.42. The third-order valence-electron chi connectivity index (χ3n) is 2.40. The van der Waals surface area contributed by atoms with Gasteiger partial charge in [-0.1, -0.05) is 13.0 Å². The van der Waals surface area contributed by atoms with Gasteiger partial charge in [-0.3, -0.25) is 0 Å². The molecule has 0 amide bonds. The lowest BCUT2D eigenvalue weighted by atomic mass is 10.2. The van der Waals surface area contributed by atoms with Gasteiger partial charge in [-0.15, -0.1) is 11.3 Å². The van der Waals surface area contributed by atoms with Crippen molar-refractivity contribution < 1.29 is 4.74 Å². The topological polar surface area (TPSA) is 21.3 Å². The highest BCUT2D eigenvalue weighted by Gasteiger charge is 2.10. The molecule has 2 atom stereocenters. The lowest BCUT2D eigenvalue weighted by Crippen LogP contribution is -2.29. The lowest BCUT2D eigenvalue weighted by molar-refractivity contribution is 0.0739. The Labute approximate surface area is 96.7 Å². The summed E-state index contributed by atoms with van der Waals surface area (Å²) in [7, 11) is 0. The molecule has 2 nitrogen and oxygen atoms in total. The van der Waals surface area contributed by atoms with Crippen molar-refractivity contribution in [3.63, 3.8) is 0 Å². The van der Waals surface area contributed by atoms with Gasteiger partial charge in [-0.25, -0.2) is 0 Å². The fraction of sp³-hybridized carbons (Fsp3) is 0.667. The van der Waals surface area contributed by atoms with E-state index in [1.54, 1.807) is 0 Å². The molecule has 1 rings (SSSR count). The molecule has 0 aromatic carbocycles. The zero-order valence-corrected chi connectivity index (χ0v) is 10.6. The molecule has 3 heteroatoms. The van der Waals surface area contributed by atoms with Crippen LogP contribution in [0.3, 0.4) is 0 Å². The van der Waals surface area contributed by atoms with E-state index in [2.05, 4.69) is 36.7 Å². The highest BCUT2D eigenvalue weighted by Crippen LogP contribution is 2.21. The summed E-state index contributed by atoms with van der Waals surface area (Å²) in [4.78, 5) is 1.42. The van der Waals surface area contributed by atoms with Gasteiger partial charge in [0.05, 0.1) is 6.10 Å². The van der Waals surface area contributed by atoms with Crippen LogP contribution in [0.2, 0.25) is 0 Å². The summed E-state index contributed by atoms with van der Waals surface area (Å²) in [5, 5.41) is 5.67. The minimum absolute atomic E-state index is 0.295. The van der Waals surface area contributed by atoms with Crippen molar-refractivity contribution in [2.45, 2.75) is 39.3 Å². The molecule has 0 aliphatic rings. The van der Waals surface area contributed by atoms with Gasteiger partial charge in [0.25, 0.3) is 0 Å². The van der Waals surface area contributed by atoms with Crippen LogP contribution in [-0.2, 0) is 4.74 Å². The molecule has 0 spiro atoms.